The maximum atomic E-state index is 11.8. The van der Waals surface area contributed by atoms with Gasteiger partial charge in [-0.05, 0) is 31.8 Å². The first kappa shape index (κ1) is 14.5. The first-order chi connectivity index (χ1) is 8.51. The van der Waals surface area contributed by atoms with Crippen molar-refractivity contribution in [2.45, 2.75) is 19.4 Å². The smallest absolute Gasteiger partial charge is 0.159 e. The Morgan fingerprint density at radius 1 is 1.44 bits per heavy atom. The van der Waals surface area contributed by atoms with Crippen LogP contribution in [0, 0.1) is 0 Å². The molecule has 98 valence electrons. The summed E-state index contributed by atoms with van der Waals surface area (Å²) in [6.45, 7) is 5.80. The number of carbonyl (C=O) groups excluding carboxylic acids is 1. The number of ketones is 1. The van der Waals surface area contributed by atoms with Gasteiger partial charge in [-0.15, -0.1) is 0 Å². The van der Waals surface area contributed by atoms with Crippen molar-refractivity contribution in [2.24, 2.45) is 0 Å². The summed E-state index contributed by atoms with van der Waals surface area (Å²) >= 11 is 0. The Hall–Kier alpha value is -1.61. The van der Waals surface area contributed by atoms with E-state index in [1.54, 1.807) is 7.11 Å². The second-order valence-electron chi connectivity index (χ2n) is 4.44. The summed E-state index contributed by atoms with van der Waals surface area (Å²) in [5, 5.41) is 0. The van der Waals surface area contributed by atoms with Crippen LogP contribution >= 0.6 is 0 Å². The Kier molecular flexibility index (Phi) is 5.10. The highest BCUT2D eigenvalue weighted by Gasteiger charge is 2.22. The van der Waals surface area contributed by atoms with Crippen LogP contribution in [0.15, 0.2) is 36.4 Å². The highest BCUT2D eigenvalue weighted by Crippen LogP contribution is 2.28. The molecule has 0 heterocycles. The Balaban J connectivity index is 3.12. The number of nitrogens with zero attached hydrogens (tertiary/aromatic N) is 1. The molecule has 3 nitrogen and oxygen atoms in total. The first-order valence-corrected chi connectivity index (χ1v) is 6.03. The molecular weight excluding hydrogens is 226 g/mol. The molecule has 0 saturated heterocycles. The van der Waals surface area contributed by atoms with E-state index in [1.165, 1.54) is 0 Å². The number of likely N-dealkylation sites (N-methyl/N-ethyl adjacent to an activating group) is 1. The lowest BCUT2D eigenvalue weighted by Gasteiger charge is -2.26. The fraction of sp³-hybridized carbons (Fsp3) is 0.400. The zero-order valence-corrected chi connectivity index (χ0v) is 11.6. The summed E-state index contributed by atoms with van der Waals surface area (Å²) in [6.07, 6.45) is 0.479. The van der Waals surface area contributed by atoms with E-state index in [4.69, 9.17) is 4.74 Å². The molecule has 0 aliphatic heterocycles. The van der Waals surface area contributed by atoms with E-state index < -0.39 is 0 Å². The normalized spacial score (nSPS) is 12.3. The third kappa shape index (κ3) is 3.20. The van der Waals surface area contributed by atoms with Gasteiger partial charge in [0.15, 0.2) is 5.78 Å². The molecule has 1 rings (SSSR count). The molecule has 1 unspecified atom stereocenters. The van der Waals surface area contributed by atoms with Crippen LogP contribution in [0.1, 0.15) is 24.9 Å². The Labute approximate surface area is 109 Å². The highest BCUT2D eigenvalue weighted by atomic mass is 16.5. The summed E-state index contributed by atoms with van der Waals surface area (Å²) in [5.74, 6) is 0.882. The van der Waals surface area contributed by atoms with E-state index in [9.17, 15) is 4.79 Å². The molecule has 0 aromatic heterocycles. The van der Waals surface area contributed by atoms with Gasteiger partial charge in [-0.1, -0.05) is 25.6 Å². The molecule has 3 heteroatoms. The maximum Gasteiger partial charge on any atom is 0.159 e. The summed E-state index contributed by atoms with van der Waals surface area (Å²) < 4.78 is 5.22. The lowest BCUT2D eigenvalue weighted by Crippen LogP contribution is -2.24. The molecule has 0 aliphatic carbocycles. The van der Waals surface area contributed by atoms with Gasteiger partial charge >= 0.3 is 0 Å². The van der Waals surface area contributed by atoms with E-state index in [0.717, 1.165) is 11.3 Å². The van der Waals surface area contributed by atoms with Gasteiger partial charge in [-0.2, -0.15) is 0 Å². The highest BCUT2D eigenvalue weighted by molar-refractivity contribution is 5.95. The van der Waals surface area contributed by atoms with Crippen LogP contribution in [0.5, 0.6) is 5.75 Å². The van der Waals surface area contributed by atoms with Crippen LogP contribution < -0.4 is 4.74 Å². The number of hydrogen-bond acceptors (Lipinski definition) is 3. The van der Waals surface area contributed by atoms with E-state index in [0.29, 0.717) is 12.0 Å². The average Bonchev–Trinajstić information content (AvgIpc) is 2.37. The molecule has 1 aromatic rings. The van der Waals surface area contributed by atoms with Crippen LogP contribution in [0.4, 0.5) is 0 Å². The number of methoxy groups -OCH3 is 1. The van der Waals surface area contributed by atoms with Gasteiger partial charge in [0.25, 0.3) is 0 Å². The van der Waals surface area contributed by atoms with Gasteiger partial charge in [-0.25, -0.2) is 0 Å². The van der Waals surface area contributed by atoms with Crippen molar-refractivity contribution < 1.29 is 9.53 Å². The molecule has 1 atom stereocenters. The fourth-order valence-electron chi connectivity index (χ4n) is 2.00. The maximum absolute atomic E-state index is 11.8. The van der Waals surface area contributed by atoms with Crippen LogP contribution in [-0.2, 0) is 4.79 Å². The Morgan fingerprint density at radius 2 is 2.11 bits per heavy atom. The standard InChI is InChI=1S/C15H21NO2/c1-6-14(17)11(2)15(16(3)4)12-8-7-9-13(10-12)18-5/h7-10,15H,2,6H2,1,3-5H3. The van der Waals surface area contributed by atoms with Gasteiger partial charge in [0.1, 0.15) is 5.75 Å². The third-order valence-corrected chi connectivity index (χ3v) is 2.94. The molecular formula is C15H21NO2. The minimum atomic E-state index is -0.104. The quantitative estimate of drug-likeness (QED) is 0.724. The molecule has 0 radical (unpaired) electrons. The number of ether oxygens (including phenoxy) is 1. The molecule has 1 aromatic carbocycles. The van der Waals surface area contributed by atoms with Crippen molar-refractivity contribution >= 4 is 5.78 Å². The third-order valence-electron chi connectivity index (χ3n) is 2.94. The summed E-state index contributed by atoms with van der Waals surface area (Å²) in [5.41, 5.74) is 1.64. The molecule has 18 heavy (non-hydrogen) atoms. The number of Topliss-reactive ketones (excluding diaryl/α,β-unsaturated/α-hetero) is 1. The average molecular weight is 247 g/mol. The van der Waals surface area contributed by atoms with Crippen molar-refractivity contribution in [3.8, 4) is 5.75 Å². The predicted octanol–water partition coefficient (Wildman–Crippen LogP) is 2.83. The number of carbonyl (C=O) groups is 1. The number of benzene rings is 1. The monoisotopic (exact) mass is 247 g/mol. The van der Waals surface area contributed by atoms with Crippen LogP contribution in [0.3, 0.4) is 0 Å². The van der Waals surface area contributed by atoms with Crippen molar-refractivity contribution in [1.29, 1.82) is 0 Å². The van der Waals surface area contributed by atoms with Gasteiger partial charge in [0.2, 0.25) is 0 Å². The largest absolute Gasteiger partial charge is 0.497 e. The second-order valence-corrected chi connectivity index (χ2v) is 4.44. The van der Waals surface area contributed by atoms with Crippen molar-refractivity contribution in [1.82, 2.24) is 4.90 Å². The SMILES string of the molecule is C=C(C(=O)CC)C(c1cccc(OC)c1)N(C)C. The number of rotatable bonds is 6. The van der Waals surface area contributed by atoms with E-state index >= 15 is 0 Å². The van der Waals surface area contributed by atoms with E-state index in [2.05, 4.69) is 6.58 Å². The zero-order valence-electron chi connectivity index (χ0n) is 11.6. The van der Waals surface area contributed by atoms with Crippen LogP contribution in [0.2, 0.25) is 0 Å². The fourth-order valence-corrected chi connectivity index (χ4v) is 2.00. The minimum Gasteiger partial charge on any atom is -0.497 e. The van der Waals surface area contributed by atoms with Gasteiger partial charge in [0.05, 0.1) is 13.2 Å². The molecule has 0 amide bonds. The molecule has 0 spiro atoms. The molecule has 0 bridgehead atoms. The second kappa shape index (κ2) is 6.36. The van der Waals surface area contributed by atoms with Crippen LogP contribution in [0.25, 0.3) is 0 Å². The Morgan fingerprint density at radius 3 is 2.61 bits per heavy atom. The topological polar surface area (TPSA) is 29.5 Å². The lowest BCUT2D eigenvalue weighted by atomic mass is 9.95. The number of hydrogen-bond donors (Lipinski definition) is 0. The van der Waals surface area contributed by atoms with E-state index in [1.807, 2.05) is 50.2 Å². The van der Waals surface area contributed by atoms with Crippen LogP contribution in [-0.4, -0.2) is 31.9 Å². The van der Waals surface area contributed by atoms with Gasteiger partial charge < -0.3 is 4.74 Å². The molecule has 0 saturated carbocycles. The summed E-state index contributed by atoms with van der Waals surface area (Å²) in [6, 6.07) is 7.64. The summed E-state index contributed by atoms with van der Waals surface area (Å²) in [4.78, 5) is 13.8. The molecule has 0 N–H and O–H groups in total. The van der Waals surface area contributed by atoms with E-state index in [-0.39, 0.29) is 11.8 Å². The van der Waals surface area contributed by atoms with Gasteiger partial charge in [0, 0.05) is 12.0 Å². The van der Waals surface area contributed by atoms with Gasteiger partial charge in [-0.3, -0.25) is 9.69 Å². The Bertz CT molecular complexity index is 438. The first-order valence-electron chi connectivity index (χ1n) is 6.03. The minimum absolute atomic E-state index is 0.0940. The lowest BCUT2D eigenvalue weighted by molar-refractivity contribution is -0.115. The predicted molar refractivity (Wildman–Crippen MR) is 73.9 cm³/mol. The summed E-state index contributed by atoms with van der Waals surface area (Å²) in [7, 11) is 5.52. The van der Waals surface area contributed by atoms with Crippen molar-refractivity contribution in [3.63, 3.8) is 0 Å². The van der Waals surface area contributed by atoms with Crippen molar-refractivity contribution in [2.75, 3.05) is 21.2 Å². The van der Waals surface area contributed by atoms with Crippen molar-refractivity contribution in [3.05, 3.63) is 42.0 Å². The zero-order chi connectivity index (χ0) is 13.7. The molecule has 0 fully saturated rings. The molecule has 0 aliphatic rings.